The average Bonchev–Trinajstić information content (AvgIpc) is 3.41. The molecule has 28 heavy (non-hydrogen) atoms. The molecule has 1 aromatic carbocycles. The number of fused-ring (bicyclic) bond motifs is 1. The Morgan fingerprint density at radius 3 is 2.79 bits per heavy atom. The molecule has 0 bridgehead atoms. The molecule has 0 spiro atoms. The standard InChI is InChI=1S/C19H16ClN3O4S/c20-16-13-5-1-2-6-14(13)28-17(16)19(26)22-21-18(25)11-8-15(24)23(9-11)10-12-4-3-7-27-12/h1-7,11H,8-10H2,(H,21,25)(H,22,26). The first-order valence-corrected chi connectivity index (χ1v) is 9.79. The van der Waals surface area contributed by atoms with Gasteiger partial charge >= 0.3 is 0 Å². The van der Waals surface area contributed by atoms with Crippen LogP contribution in [-0.2, 0) is 16.1 Å². The number of carbonyl (C=O) groups excluding carboxylic acids is 3. The van der Waals surface area contributed by atoms with E-state index >= 15 is 0 Å². The number of furan rings is 1. The molecule has 9 heteroatoms. The van der Waals surface area contributed by atoms with E-state index < -0.39 is 17.7 Å². The zero-order valence-corrected chi connectivity index (χ0v) is 16.2. The van der Waals surface area contributed by atoms with E-state index in [4.69, 9.17) is 16.0 Å². The van der Waals surface area contributed by atoms with Crippen LogP contribution >= 0.6 is 22.9 Å². The van der Waals surface area contributed by atoms with Crippen LogP contribution in [0.4, 0.5) is 0 Å². The molecule has 4 rings (SSSR count). The van der Waals surface area contributed by atoms with Gasteiger partial charge in [-0.1, -0.05) is 29.8 Å². The van der Waals surface area contributed by atoms with Gasteiger partial charge in [-0.05, 0) is 18.2 Å². The number of nitrogens with one attached hydrogen (secondary N) is 2. The highest BCUT2D eigenvalue weighted by molar-refractivity contribution is 7.21. The van der Waals surface area contributed by atoms with Gasteiger partial charge in [-0.2, -0.15) is 0 Å². The number of hydrogen-bond acceptors (Lipinski definition) is 5. The van der Waals surface area contributed by atoms with Gasteiger partial charge in [-0.3, -0.25) is 25.2 Å². The number of hydrazine groups is 1. The van der Waals surface area contributed by atoms with E-state index in [0.29, 0.717) is 22.2 Å². The Morgan fingerprint density at radius 1 is 1.21 bits per heavy atom. The SMILES string of the molecule is O=C(NNC(=O)C1CC(=O)N(Cc2ccco2)C1)c1sc2ccccc2c1Cl. The summed E-state index contributed by atoms with van der Waals surface area (Å²) in [6.07, 6.45) is 1.63. The molecule has 144 valence electrons. The lowest BCUT2D eigenvalue weighted by Gasteiger charge is -2.15. The molecule has 0 radical (unpaired) electrons. The number of likely N-dealkylation sites (tertiary alicyclic amines) is 1. The summed E-state index contributed by atoms with van der Waals surface area (Å²) in [7, 11) is 0. The van der Waals surface area contributed by atoms with Crippen molar-refractivity contribution in [3.05, 3.63) is 58.3 Å². The van der Waals surface area contributed by atoms with Crippen LogP contribution in [0.15, 0.2) is 47.1 Å². The number of carbonyl (C=O) groups is 3. The Balaban J connectivity index is 1.35. The molecule has 2 N–H and O–H groups in total. The number of thiophene rings is 1. The second-order valence-corrected chi connectivity index (χ2v) is 7.87. The predicted molar refractivity (Wildman–Crippen MR) is 105 cm³/mol. The van der Waals surface area contributed by atoms with Crippen LogP contribution in [-0.4, -0.2) is 29.2 Å². The minimum absolute atomic E-state index is 0.0893. The van der Waals surface area contributed by atoms with Gasteiger partial charge in [0, 0.05) is 23.1 Å². The van der Waals surface area contributed by atoms with E-state index in [9.17, 15) is 14.4 Å². The molecule has 1 aliphatic rings. The molecule has 1 aliphatic heterocycles. The van der Waals surface area contributed by atoms with Crippen LogP contribution in [0.1, 0.15) is 21.9 Å². The van der Waals surface area contributed by atoms with E-state index in [2.05, 4.69) is 10.9 Å². The Labute approximate surface area is 169 Å². The largest absolute Gasteiger partial charge is 0.467 e. The average molecular weight is 418 g/mol. The van der Waals surface area contributed by atoms with E-state index in [0.717, 1.165) is 10.1 Å². The number of amides is 3. The molecule has 1 saturated heterocycles. The van der Waals surface area contributed by atoms with Crippen molar-refractivity contribution in [1.82, 2.24) is 15.8 Å². The smallest absolute Gasteiger partial charge is 0.281 e. The van der Waals surface area contributed by atoms with Crippen molar-refractivity contribution in [2.24, 2.45) is 5.92 Å². The van der Waals surface area contributed by atoms with Gasteiger partial charge in [-0.25, -0.2) is 0 Å². The van der Waals surface area contributed by atoms with Gasteiger partial charge in [0.25, 0.3) is 5.91 Å². The summed E-state index contributed by atoms with van der Waals surface area (Å²) in [5.41, 5.74) is 4.79. The molecular formula is C19H16ClN3O4S. The summed E-state index contributed by atoms with van der Waals surface area (Å²) in [6.45, 7) is 0.588. The van der Waals surface area contributed by atoms with Gasteiger partial charge in [0.05, 0.1) is 23.7 Å². The third kappa shape index (κ3) is 3.61. The Kier molecular flexibility index (Phi) is 5.06. The Hall–Kier alpha value is -2.84. The molecule has 0 aliphatic carbocycles. The molecule has 3 amide bonds. The molecule has 1 atom stereocenters. The van der Waals surface area contributed by atoms with Crippen molar-refractivity contribution in [3.63, 3.8) is 0 Å². The third-order valence-corrected chi connectivity index (χ3v) is 6.23. The van der Waals surface area contributed by atoms with E-state index in [1.165, 1.54) is 17.6 Å². The summed E-state index contributed by atoms with van der Waals surface area (Å²) in [5, 5.41) is 1.15. The molecule has 7 nitrogen and oxygen atoms in total. The molecule has 1 fully saturated rings. The first-order chi connectivity index (χ1) is 13.5. The van der Waals surface area contributed by atoms with Crippen molar-refractivity contribution in [1.29, 1.82) is 0 Å². The van der Waals surface area contributed by atoms with Gasteiger partial charge in [0.2, 0.25) is 11.8 Å². The lowest BCUT2D eigenvalue weighted by Crippen LogP contribution is -2.45. The monoisotopic (exact) mass is 417 g/mol. The highest BCUT2D eigenvalue weighted by atomic mass is 35.5. The third-order valence-electron chi connectivity index (χ3n) is 4.55. The fourth-order valence-corrected chi connectivity index (χ4v) is 4.54. The van der Waals surface area contributed by atoms with Crippen LogP contribution in [0, 0.1) is 5.92 Å². The van der Waals surface area contributed by atoms with Crippen molar-refractivity contribution < 1.29 is 18.8 Å². The van der Waals surface area contributed by atoms with Crippen LogP contribution in [0.3, 0.4) is 0 Å². The summed E-state index contributed by atoms with van der Waals surface area (Å²) in [6, 6.07) is 10.9. The second kappa shape index (κ2) is 7.65. The molecule has 2 aromatic heterocycles. The number of halogens is 1. The Morgan fingerprint density at radius 2 is 2.04 bits per heavy atom. The van der Waals surface area contributed by atoms with Crippen molar-refractivity contribution in [2.75, 3.05) is 6.54 Å². The van der Waals surface area contributed by atoms with Gasteiger partial charge in [0.15, 0.2) is 0 Å². The lowest BCUT2D eigenvalue weighted by atomic mass is 10.1. The van der Waals surface area contributed by atoms with Crippen LogP contribution in [0.2, 0.25) is 5.02 Å². The normalized spacial score (nSPS) is 16.5. The summed E-state index contributed by atoms with van der Waals surface area (Å²) < 4.78 is 6.13. The first-order valence-electron chi connectivity index (χ1n) is 8.60. The minimum atomic E-state index is -0.541. The number of nitrogens with zero attached hydrogens (tertiary/aromatic N) is 1. The summed E-state index contributed by atoms with van der Waals surface area (Å²) in [5.74, 6) is -0.921. The molecule has 1 unspecified atom stereocenters. The number of hydrogen-bond donors (Lipinski definition) is 2. The molecular weight excluding hydrogens is 402 g/mol. The zero-order valence-electron chi connectivity index (χ0n) is 14.6. The van der Waals surface area contributed by atoms with Gasteiger partial charge in [-0.15, -0.1) is 11.3 Å². The molecule has 3 heterocycles. The maximum absolute atomic E-state index is 12.4. The number of rotatable bonds is 4. The first kappa shape index (κ1) is 18.5. The maximum atomic E-state index is 12.4. The van der Waals surface area contributed by atoms with Gasteiger partial charge in [0.1, 0.15) is 10.6 Å². The predicted octanol–water partition coefficient (Wildman–Crippen LogP) is 2.96. The lowest BCUT2D eigenvalue weighted by molar-refractivity contribution is -0.129. The minimum Gasteiger partial charge on any atom is -0.467 e. The number of benzene rings is 1. The molecule has 3 aromatic rings. The fraction of sp³-hybridized carbons (Fsp3) is 0.211. The van der Waals surface area contributed by atoms with Crippen LogP contribution in [0.25, 0.3) is 10.1 Å². The highest BCUT2D eigenvalue weighted by Crippen LogP contribution is 2.34. The van der Waals surface area contributed by atoms with Crippen molar-refractivity contribution in [3.8, 4) is 0 Å². The van der Waals surface area contributed by atoms with Crippen molar-refractivity contribution in [2.45, 2.75) is 13.0 Å². The summed E-state index contributed by atoms with van der Waals surface area (Å²) in [4.78, 5) is 38.8. The topological polar surface area (TPSA) is 91.7 Å². The zero-order chi connectivity index (χ0) is 19.7. The van der Waals surface area contributed by atoms with Crippen LogP contribution < -0.4 is 10.9 Å². The highest BCUT2D eigenvalue weighted by Gasteiger charge is 2.35. The van der Waals surface area contributed by atoms with Crippen molar-refractivity contribution >= 4 is 50.7 Å². The summed E-state index contributed by atoms with van der Waals surface area (Å²) >= 11 is 7.53. The van der Waals surface area contributed by atoms with E-state index in [-0.39, 0.29) is 18.9 Å². The molecule has 0 saturated carbocycles. The van der Waals surface area contributed by atoms with Crippen LogP contribution in [0.5, 0.6) is 0 Å². The maximum Gasteiger partial charge on any atom is 0.281 e. The van der Waals surface area contributed by atoms with Gasteiger partial charge < -0.3 is 9.32 Å². The van der Waals surface area contributed by atoms with E-state index in [1.54, 1.807) is 17.0 Å². The van der Waals surface area contributed by atoms with E-state index in [1.807, 2.05) is 24.3 Å². The quantitative estimate of drug-likeness (QED) is 0.638. The second-order valence-electron chi connectivity index (χ2n) is 6.44. The fourth-order valence-electron chi connectivity index (χ4n) is 3.13. The Bertz CT molecular complexity index is 1050.